The number of terminal acetylenes is 1. The van der Waals surface area contributed by atoms with Crippen molar-refractivity contribution in [2.24, 2.45) is 5.92 Å². The van der Waals surface area contributed by atoms with Crippen molar-refractivity contribution in [2.45, 2.75) is 19.3 Å². The van der Waals surface area contributed by atoms with Crippen molar-refractivity contribution in [3.8, 4) is 12.3 Å². The molecule has 13 heavy (non-hydrogen) atoms. The van der Waals surface area contributed by atoms with Gasteiger partial charge in [0, 0.05) is 6.42 Å². The molecule has 0 radical (unpaired) electrons. The standard InChI is InChI=1S/C10H16N2O/c1-2-5-12-10(13)7-9-4-3-6-11-8-9/h1,9,11H,3-8H2,(H,12,13). The summed E-state index contributed by atoms with van der Waals surface area (Å²) in [7, 11) is 0. The average Bonchev–Trinajstić information content (AvgIpc) is 2.16. The molecule has 1 saturated heterocycles. The van der Waals surface area contributed by atoms with E-state index in [0.717, 1.165) is 19.5 Å². The summed E-state index contributed by atoms with van der Waals surface area (Å²) in [6.45, 7) is 2.39. The highest BCUT2D eigenvalue weighted by atomic mass is 16.1. The Balaban J connectivity index is 2.15. The van der Waals surface area contributed by atoms with Crippen LogP contribution in [0.3, 0.4) is 0 Å². The zero-order chi connectivity index (χ0) is 9.52. The van der Waals surface area contributed by atoms with Gasteiger partial charge < -0.3 is 10.6 Å². The van der Waals surface area contributed by atoms with Gasteiger partial charge in [0.2, 0.25) is 5.91 Å². The third kappa shape index (κ3) is 3.95. The van der Waals surface area contributed by atoms with Crippen molar-refractivity contribution in [3.63, 3.8) is 0 Å². The van der Waals surface area contributed by atoms with Crippen molar-refractivity contribution in [1.82, 2.24) is 10.6 Å². The van der Waals surface area contributed by atoms with Crippen LogP contribution >= 0.6 is 0 Å². The average molecular weight is 180 g/mol. The molecule has 1 amide bonds. The van der Waals surface area contributed by atoms with Gasteiger partial charge in [0.15, 0.2) is 0 Å². The Morgan fingerprint density at radius 2 is 2.54 bits per heavy atom. The van der Waals surface area contributed by atoms with Crippen LogP contribution in [-0.2, 0) is 4.79 Å². The molecule has 3 heteroatoms. The van der Waals surface area contributed by atoms with E-state index in [0.29, 0.717) is 18.9 Å². The van der Waals surface area contributed by atoms with Crippen LogP contribution in [0.4, 0.5) is 0 Å². The van der Waals surface area contributed by atoms with E-state index in [4.69, 9.17) is 6.42 Å². The van der Waals surface area contributed by atoms with Gasteiger partial charge in [-0.2, -0.15) is 0 Å². The van der Waals surface area contributed by atoms with E-state index in [-0.39, 0.29) is 5.91 Å². The maximum atomic E-state index is 11.2. The number of nitrogens with one attached hydrogen (secondary N) is 2. The van der Waals surface area contributed by atoms with Gasteiger partial charge in [0.25, 0.3) is 0 Å². The van der Waals surface area contributed by atoms with Gasteiger partial charge in [-0.1, -0.05) is 5.92 Å². The molecule has 2 N–H and O–H groups in total. The Bertz CT molecular complexity index is 201. The second kappa shape index (κ2) is 5.60. The van der Waals surface area contributed by atoms with E-state index in [1.165, 1.54) is 6.42 Å². The highest BCUT2D eigenvalue weighted by Crippen LogP contribution is 2.13. The third-order valence-corrected chi connectivity index (χ3v) is 2.26. The molecule has 0 saturated carbocycles. The number of hydrogen-bond donors (Lipinski definition) is 2. The highest BCUT2D eigenvalue weighted by molar-refractivity contribution is 5.76. The number of piperidine rings is 1. The lowest BCUT2D eigenvalue weighted by atomic mass is 9.96. The van der Waals surface area contributed by atoms with E-state index >= 15 is 0 Å². The Kier molecular flexibility index (Phi) is 4.34. The molecule has 1 atom stereocenters. The van der Waals surface area contributed by atoms with E-state index < -0.39 is 0 Å². The number of carbonyl (C=O) groups excluding carboxylic acids is 1. The fraction of sp³-hybridized carbons (Fsp3) is 0.700. The Morgan fingerprint density at radius 3 is 3.15 bits per heavy atom. The first-order valence-electron chi connectivity index (χ1n) is 4.74. The largest absolute Gasteiger partial charge is 0.345 e. The summed E-state index contributed by atoms with van der Waals surface area (Å²) in [6.07, 6.45) is 7.96. The molecular formula is C10H16N2O. The first kappa shape index (κ1) is 10.1. The number of amides is 1. The Labute approximate surface area is 79.3 Å². The second-order valence-electron chi connectivity index (χ2n) is 3.40. The predicted molar refractivity (Wildman–Crippen MR) is 52.1 cm³/mol. The summed E-state index contributed by atoms with van der Waals surface area (Å²) >= 11 is 0. The zero-order valence-corrected chi connectivity index (χ0v) is 7.81. The zero-order valence-electron chi connectivity index (χ0n) is 7.81. The Hall–Kier alpha value is -1.01. The molecule has 0 aromatic carbocycles. The van der Waals surface area contributed by atoms with Gasteiger partial charge >= 0.3 is 0 Å². The predicted octanol–water partition coefficient (Wildman–Crippen LogP) is 0.126. The summed E-state index contributed by atoms with van der Waals surface area (Å²) < 4.78 is 0. The monoisotopic (exact) mass is 180 g/mol. The third-order valence-electron chi connectivity index (χ3n) is 2.26. The molecule has 0 aromatic heterocycles. The van der Waals surface area contributed by atoms with E-state index in [1.54, 1.807) is 0 Å². The summed E-state index contributed by atoms with van der Waals surface area (Å²) in [4.78, 5) is 11.2. The van der Waals surface area contributed by atoms with Gasteiger partial charge in [0.1, 0.15) is 0 Å². The van der Waals surface area contributed by atoms with Gasteiger partial charge in [0.05, 0.1) is 6.54 Å². The van der Waals surface area contributed by atoms with Crippen LogP contribution < -0.4 is 10.6 Å². The van der Waals surface area contributed by atoms with Crippen LogP contribution in [0.2, 0.25) is 0 Å². The lowest BCUT2D eigenvalue weighted by molar-refractivity contribution is -0.121. The van der Waals surface area contributed by atoms with Crippen LogP contribution in [0, 0.1) is 18.3 Å². The maximum absolute atomic E-state index is 11.2. The quantitative estimate of drug-likeness (QED) is 0.606. The summed E-state index contributed by atoms with van der Waals surface area (Å²) in [5.74, 6) is 2.96. The summed E-state index contributed by atoms with van der Waals surface area (Å²) in [5.41, 5.74) is 0. The first-order chi connectivity index (χ1) is 6.33. The number of hydrogen-bond acceptors (Lipinski definition) is 2. The highest BCUT2D eigenvalue weighted by Gasteiger charge is 2.15. The molecule has 1 aliphatic heterocycles. The molecule has 1 aliphatic rings. The second-order valence-corrected chi connectivity index (χ2v) is 3.40. The molecule has 1 unspecified atom stereocenters. The van der Waals surface area contributed by atoms with Crippen LogP contribution in [0.25, 0.3) is 0 Å². The van der Waals surface area contributed by atoms with Crippen molar-refractivity contribution in [2.75, 3.05) is 19.6 Å². The summed E-state index contributed by atoms with van der Waals surface area (Å²) in [6, 6.07) is 0. The normalized spacial score (nSPS) is 21.9. The topological polar surface area (TPSA) is 41.1 Å². The molecule has 0 spiro atoms. The molecular weight excluding hydrogens is 164 g/mol. The number of carbonyl (C=O) groups is 1. The molecule has 1 heterocycles. The molecule has 1 fully saturated rings. The lowest BCUT2D eigenvalue weighted by Gasteiger charge is -2.21. The van der Waals surface area contributed by atoms with E-state index in [1.807, 2.05) is 0 Å². The van der Waals surface area contributed by atoms with Gasteiger partial charge in [-0.25, -0.2) is 0 Å². The minimum Gasteiger partial charge on any atom is -0.345 e. The van der Waals surface area contributed by atoms with Crippen molar-refractivity contribution in [3.05, 3.63) is 0 Å². The minimum atomic E-state index is 0.0756. The van der Waals surface area contributed by atoms with E-state index in [2.05, 4.69) is 16.6 Å². The molecule has 0 bridgehead atoms. The molecule has 0 aromatic rings. The molecule has 1 rings (SSSR count). The SMILES string of the molecule is C#CCNC(=O)CC1CCCNC1. The van der Waals surface area contributed by atoms with Crippen molar-refractivity contribution < 1.29 is 4.79 Å². The lowest BCUT2D eigenvalue weighted by Crippen LogP contribution is -2.34. The smallest absolute Gasteiger partial charge is 0.221 e. The molecule has 72 valence electrons. The first-order valence-corrected chi connectivity index (χ1v) is 4.74. The summed E-state index contributed by atoms with van der Waals surface area (Å²) in [5, 5.41) is 5.95. The van der Waals surface area contributed by atoms with Crippen LogP contribution in [0.1, 0.15) is 19.3 Å². The van der Waals surface area contributed by atoms with Crippen LogP contribution in [-0.4, -0.2) is 25.5 Å². The number of rotatable bonds is 3. The fourth-order valence-electron chi connectivity index (χ4n) is 1.58. The van der Waals surface area contributed by atoms with Crippen LogP contribution in [0.5, 0.6) is 0 Å². The Morgan fingerprint density at radius 1 is 1.69 bits per heavy atom. The van der Waals surface area contributed by atoms with Crippen molar-refractivity contribution >= 4 is 5.91 Å². The van der Waals surface area contributed by atoms with Crippen molar-refractivity contribution in [1.29, 1.82) is 0 Å². The van der Waals surface area contributed by atoms with E-state index in [9.17, 15) is 4.79 Å². The minimum absolute atomic E-state index is 0.0756. The van der Waals surface area contributed by atoms with Crippen LogP contribution in [0.15, 0.2) is 0 Å². The molecule has 0 aliphatic carbocycles. The maximum Gasteiger partial charge on any atom is 0.221 e. The van der Waals surface area contributed by atoms with Gasteiger partial charge in [-0.15, -0.1) is 6.42 Å². The van der Waals surface area contributed by atoms with Gasteiger partial charge in [-0.3, -0.25) is 4.79 Å². The van der Waals surface area contributed by atoms with Gasteiger partial charge in [-0.05, 0) is 31.8 Å². The molecule has 3 nitrogen and oxygen atoms in total. The fourth-order valence-corrected chi connectivity index (χ4v) is 1.58.